The van der Waals surface area contributed by atoms with Crippen LogP contribution in [-0.2, 0) is 10.5 Å². The first kappa shape index (κ1) is 13.9. The Morgan fingerprint density at radius 3 is 2.84 bits per heavy atom. The Bertz CT molecular complexity index is 555. The van der Waals surface area contributed by atoms with E-state index in [-0.39, 0.29) is 5.82 Å². The fraction of sp³-hybridized carbons (Fsp3) is 0.231. The number of thiazole rings is 1. The number of anilines is 1. The second-order valence-electron chi connectivity index (χ2n) is 3.69. The molecule has 0 atom stereocenters. The molecule has 0 saturated heterocycles. The predicted octanol–water partition coefficient (Wildman–Crippen LogP) is 3.19. The van der Waals surface area contributed by atoms with Crippen LogP contribution in [0, 0.1) is 0 Å². The topological polar surface area (TPSA) is 65.2 Å². The molecular weight excluding hydrogens is 280 g/mol. The minimum Gasteiger partial charge on any atom is -0.462 e. The zero-order valence-electron chi connectivity index (χ0n) is 10.5. The minimum absolute atomic E-state index is 0.249. The first-order chi connectivity index (χ1) is 9.20. The fourth-order valence-corrected chi connectivity index (χ4v) is 3.35. The molecule has 0 unspecified atom stereocenters. The van der Waals surface area contributed by atoms with Crippen LogP contribution in [0.3, 0.4) is 0 Å². The lowest BCUT2D eigenvalue weighted by molar-refractivity contribution is 0.0533. The number of nitrogens with zero attached hydrogens (tertiary/aromatic N) is 1. The zero-order chi connectivity index (χ0) is 13.7. The van der Waals surface area contributed by atoms with Gasteiger partial charge in [-0.15, -0.1) is 0 Å². The van der Waals surface area contributed by atoms with E-state index in [9.17, 15) is 4.79 Å². The van der Waals surface area contributed by atoms with Crippen LogP contribution in [0.2, 0.25) is 0 Å². The SMILES string of the molecule is CCOC(=O)c1sc(SCc2ccccc2)nc1N. The van der Waals surface area contributed by atoms with Crippen LogP contribution in [0.1, 0.15) is 22.2 Å². The third-order valence-electron chi connectivity index (χ3n) is 2.30. The maximum atomic E-state index is 11.6. The van der Waals surface area contributed by atoms with Crippen molar-refractivity contribution in [3.63, 3.8) is 0 Å². The van der Waals surface area contributed by atoms with Crippen molar-refractivity contribution < 1.29 is 9.53 Å². The second kappa shape index (κ2) is 6.58. The summed E-state index contributed by atoms with van der Waals surface area (Å²) in [5.74, 6) is 0.652. The standard InChI is InChI=1S/C13H14N2O2S2/c1-2-17-12(16)10-11(14)15-13(19-10)18-8-9-6-4-3-5-7-9/h3-7H,2,8,14H2,1H3. The summed E-state index contributed by atoms with van der Waals surface area (Å²) >= 11 is 2.84. The van der Waals surface area contributed by atoms with E-state index >= 15 is 0 Å². The van der Waals surface area contributed by atoms with E-state index < -0.39 is 5.97 Å². The summed E-state index contributed by atoms with van der Waals surface area (Å²) in [5, 5.41) is 0. The van der Waals surface area contributed by atoms with Crippen molar-refractivity contribution in [2.45, 2.75) is 17.0 Å². The lowest BCUT2D eigenvalue weighted by Crippen LogP contribution is -2.05. The highest BCUT2D eigenvalue weighted by Gasteiger charge is 2.17. The first-order valence-corrected chi connectivity index (χ1v) is 7.61. The Morgan fingerprint density at radius 2 is 2.16 bits per heavy atom. The molecule has 6 heteroatoms. The zero-order valence-corrected chi connectivity index (χ0v) is 12.1. The monoisotopic (exact) mass is 294 g/mol. The molecule has 2 rings (SSSR count). The third-order valence-corrected chi connectivity index (χ3v) is 4.57. The Hall–Kier alpha value is -1.53. The van der Waals surface area contributed by atoms with Gasteiger partial charge in [-0.1, -0.05) is 53.4 Å². The van der Waals surface area contributed by atoms with Gasteiger partial charge in [0, 0.05) is 5.75 Å². The lowest BCUT2D eigenvalue weighted by Gasteiger charge is -1.98. The summed E-state index contributed by atoms with van der Waals surface area (Å²) in [7, 11) is 0. The molecule has 0 aliphatic carbocycles. The number of esters is 1. The van der Waals surface area contributed by atoms with E-state index in [1.54, 1.807) is 18.7 Å². The van der Waals surface area contributed by atoms with Crippen LogP contribution in [0.5, 0.6) is 0 Å². The highest BCUT2D eigenvalue weighted by molar-refractivity contribution is 8.00. The predicted molar refractivity (Wildman–Crippen MR) is 78.5 cm³/mol. The Labute approximate surface area is 120 Å². The van der Waals surface area contributed by atoms with E-state index in [0.717, 1.165) is 10.1 Å². The molecule has 0 fully saturated rings. The molecule has 0 aliphatic heterocycles. The molecule has 1 aromatic carbocycles. The quantitative estimate of drug-likeness (QED) is 0.677. The number of ether oxygens (including phenoxy) is 1. The number of hydrogen-bond donors (Lipinski definition) is 1. The van der Waals surface area contributed by atoms with E-state index in [4.69, 9.17) is 10.5 Å². The van der Waals surface area contributed by atoms with Gasteiger partial charge >= 0.3 is 5.97 Å². The largest absolute Gasteiger partial charge is 0.462 e. The normalized spacial score (nSPS) is 10.4. The number of carbonyl (C=O) groups is 1. The van der Waals surface area contributed by atoms with Crippen LogP contribution in [0.25, 0.3) is 0 Å². The van der Waals surface area contributed by atoms with Crippen molar-refractivity contribution in [3.05, 3.63) is 40.8 Å². The molecule has 0 saturated carbocycles. The van der Waals surface area contributed by atoms with Crippen molar-refractivity contribution in [2.75, 3.05) is 12.3 Å². The molecule has 1 heterocycles. The van der Waals surface area contributed by atoms with E-state index in [0.29, 0.717) is 11.5 Å². The molecule has 0 spiro atoms. The van der Waals surface area contributed by atoms with Crippen LogP contribution < -0.4 is 5.73 Å². The van der Waals surface area contributed by atoms with Gasteiger partial charge in [0.25, 0.3) is 0 Å². The maximum absolute atomic E-state index is 11.6. The van der Waals surface area contributed by atoms with Gasteiger partial charge < -0.3 is 10.5 Å². The number of hydrogen-bond acceptors (Lipinski definition) is 6. The maximum Gasteiger partial charge on any atom is 0.352 e. The van der Waals surface area contributed by atoms with Crippen LogP contribution in [0.15, 0.2) is 34.7 Å². The van der Waals surface area contributed by atoms with Gasteiger partial charge in [-0.25, -0.2) is 9.78 Å². The summed E-state index contributed by atoms with van der Waals surface area (Å²) < 4.78 is 5.71. The number of aromatic nitrogens is 1. The second-order valence-corrected chi connectivity index (χ2v) is 5.91. The van der Waals surface area contributed by atoms with E-state index in [2.05, 4.69) is 17.1 Å². The van der Waals surface area contributed by atoms with E-state index in [1.807, 2.05) is 18.2 Å². The van der Waals surface area contributed by atoms with Crippen molar-refractivity contribution in [3.8, 4) is 0 Å². The smallest absolute Gasteiger partial charge is 0.352 e. The summed E-state index contributed by atoms with van der Waals surface area (Å²) in [4.78, 5) is 16.2. The Balaban J connectivity index is 2.02. The highest BCUT2D eigenvalue weighted by atomic mass is 32.2. The van der Waals surface area contributed by atoms with Gasteiger partial charge in [0.05, 0.1) is 6.61 Å². The van der Waals surface area contributed by atoms with Crippen molar-refractivity contribution in [1.82, 2.24) is 4.98 Å². The molecular formula is C13H14N2O2S2. The van der Waals surface area contributed by atoms with Crippen molar-refractivity contribution >= 4 is 34.9 Å². The fourth-order valence-electron chi connectivity index (χ4n) is 1.44. The Kier molecular flexibility index (Phi) is 4.81. The average Bonchev–Trinajstić information content (AvgIpc) is 2.79. The molecule has 0 radical (unpaired) electrons. The van der Waals surface area contributed by atoms with Crippen molar-refractivity contribution in [1.29, 1.82) is 0 Å². The van der Waals surface area contributed by atoms with Gasteiger partial charge in [-0.05, 0) is 12.5 Å². The molecule has 1 aromatic heterocycles. The summed E-state index contributed by atoms with van der Waals surface area (Å²) in [6.07, 6.45) is 0. The summed E-state index contributed by atoms with van der Waals surface area (Å²) in [6, 6.07) is 10.1. The van der Waals surface area contributed by atoms with Crippen LogP contribution in [0.4, 0.5) is 5.82 Å². The molecule has 0 amide bonds. The van der Waals surface area contributed by atoms with Crippen LogP contribution in [-0.4, -0.2) is 17.6 Å². The average molecular weight is 294 g/mol. The number of benzene rings is 1. The molecule has 19 heavy (non-hydrogen) atoms. The minimum atomic E-state index is -0.399. The van der Waals surface area contributed by atoms with Gasteiger partial charge in [0.1, 0.15) is 0 Å². The molecule has 2 N–H and O–H groups in total. The first-order valence-electron chi connectivity index (χ1n) is 5.81. The summed E-state index contributed by atoms with van der Waals surface area (Å²) in [5.41, 5.74) is 6.93. The van der Waals surface area contributed by atoms with Gasteiger partial charge in [0.15, 0.2) is 15.0 Å². The number of rotatable bonds is 5. The van der Waals surface area contributed by atoms with Gasteiger partial charge in [-0.2, -0.15) is 0 Å². The van der Waals surface area contributed by atoms with Crippen LogP contribution >= 0.6 is 23.1 Å². The Morgan fingerprint density at radius 1 is 1.42 bits per heavy atom. The van der Waals surface area contributed by atoms with Gasteiger partial charge in [0.2, 0.25) is 0 Å². The molecule has 0 aliphatic rings. The van der Waals surface area contributed by atoms with Crippen molar-refractivity contribution in [2.24, 2.45) is 0 Å². The highest BCUT2D eigenvalue weighted by Crippen LogP contribution is 2.31. The van der Waals surface area contributed by atoms with Gasteiger partial charge in [-0.3, -0.25) is 0 Å². The number of nitrogens with two attached hydrogens (primary N) is 1. The van der Waals surface area contributed by atoms with E-state index in [1.165, 1.54) is 16.9 Å². The molecule has 4 nitrogen and oxygen atoms in total. The third kappa shape index (κ3) is 3.71. The molecule has 100 valence electrons. The number of carbonyl (C=O) groups excluding carboxylic acids is 1. The molecule has 0 bridgehead atoms. The number of nitrogen functional groups attached to an aromatic ring is 1. The molecule has 2 aromatic rings. The summed E-state index contributed by atoms with van der Waals surface area (Å²) in [6.45, 7) is 2.10. The lowest BCUT2D eigenvalue weighted by atomic mass is 10.2. The number of thioether (sulfide) groups is 1.